The lowest BCUT2D eigenvalue weighted by Gasteiger charge is -2.07. The molecule has 0 amide bonds. The maximum Gasteiger partial charge on any atom is 0.270 e. The third kappa shape index (κ3) is 2.85. The van der Waals surface area contributed by atoms with Crippen LogP contribution >= 0.6 is 11.3 Å². The van der Waals surface area contributed by atoms with Crippen molar-refractivity contribution in [1.29, 1.82) is 0 Å². The van der Waals surface area contributed by atoms with Gasteiger partial charge in [-0.05, 0) is 18.2 Å². The van der Waals surface area contributed by atoms with Gasteiger partial charge in [0.2, 0.25) is 0 Å². The number of nitro groups is 1. The fraction of sp³-hybridized carbons (Fsp3) is 0. The predicted octanol–water partition coefficient (Wildman–Crippen LogP) is 3.55. The highest BCUT2D eigenvalue weighted by atomic mass is 32.2. The molecule has 8 nitrogen and oxygen atoms in total. The minimum absolute atomic E-state index is 0.0424. The van der Waals surface area contributed by atoms with E-state index in [1.165, 1.54) is 30.5 Å². The van der Waals surface area contributed by atoms with E-state index in [4.69, 9.17) is 0 Å². The SMILES string of the molecule is O=[N+]([O-])c1ccc2nc(NS(=O)(=O)c3cccc4cccnc34)sc2c1. The van der Waals surface area contributed by atoms with E-state index >= 15 is 0 Å². The minimum atomic E-state index is -3.91. The van der Waals surface area contributed by atoms with Crippen molar-refractivity contribution < 1.29 is 13.3 Å². The number of hydrogen-bond donors (Lipinski definition) is 1. The van der Waals surface area contributed by atoms with Crippen molar-refractivity contribution in [1.82, 2.24) is 9.97 Å². The van der Waals surface area contributed by atoms with Gasteiger partial charge in [0, 0.05) is 23.7 Å². The number of nitrogens with one attached hydrogen (secondary N) is 1. The molecule has 0 aliphatic carbocycles. The summed E-state index contributed by atoms with van der Waals surface area (Å²) < 4.78 is 28.5. The fourth-order valence-corrected chi connectivity index (χ4v) is 4.85. The van der Waals surface area contributed by atoms with Crippen molar-refractivity contribution in [3.8, 4) is 0 Å². The Kier molecular flexibility index (Phi) is 3.78. The third-order valence-electron chi connectivity index (χ3n) is 3.69. The molecular formula is C16H10N4O4S2. The van der Waals surface area contributed by atoms with E-state index < -0.39 is 14.9 Å². The molecule has 2 aromatic heterocycles. The van der Waals surface area contributed by atoms with Gasteiger partial charge < -0.3 is 0 Å². The van der Waals surface area contributed by atoms with Crippen molar-refractivity contribution in [3.63, 3.8) is 0 Å². The van der Waals surface area contributed by atoms with Crippen molar-refractivity contribution in [2.75, 3.05) is 4.72 Å². The Bertz CT molecular complexity index is 1260. The number of thiazole rings is 1. The topological polar surface area (TPSA) is 115 Å². The van der Waals surface area contributed by atoms with E-state index in [1.807, 2.05) is 0 Å². The van der Waals surface area contributed by atoms with Crippen LogP contribution in [-0.2, 0) is 10.0 Å². The van der Waals surface area contributed by atoms with Crippen LogP contribution in [0.4, 0.5) is 10.8 Å². The normalized spacial score (nSPS) is 11.7. The molecule has 10 heteroatoms. The molecular weight excluding hydrogens is 376 g/mol. The zero-order valence-corrected chi connectivity index (χ0v) is 14.6. The van der Waals surface area contributed by atoms with Gasteiger partial charge in [-0.15, -0.1) is 0 Å². The van der Waals surface area contributed by atoms with Crippen molar-refractivity contribution in [3.05, 3.63) is 64.8 Å². The average Bonchev–Trinajstić information content (AvgIpc) is 3.01. The summed E-state index contributed by atoms with van der Waals surface area (Å²) in [5, 5.41) is 11.7. The summed E-state index contributed by atoms with van der Waals surface area (Å²) in [6, 6.07) is 12.6. The van der Waals surface area contributed by atoms with Crippen LogP contribution in [0.3, 0.4) is 0 Å². The number of para-hydroxylation sites is 1. The summed E-state index contributed by atoms with van der Waals surface area (Å²) in [5.74, 6) is 0. The maximum absolute atomic E-state index is 12.8. The molecule has 0 atom stereocenters. The zero-order valence-electron chi connectivity index (χ0n) is 13.0. The van der Waals surface area contributed by atoms with E-state index in [9.17, 15) is 18.5 Å². The first kappa shape index (κ1) is 16.4. The van der Waals surface area contributed by atoms with E-state index in [0.29, 0.717) is 21.1 Å². The number of rotatable bonds is 4. The van der Waals surface area contributed by atoms with Gasteiger partial charge in [-0.2, -0.15) is 0 Å². The molecule has 4 aromatic rings. The Morgan fingerprint density at radius 3 is 2.73 bits per heavy atom. The first-order valence-corrected chi connectivity index (χ1v) is 9.65. The lowest BCUT2D eigenvalue weighted by molar-refractivity contribution is -0.384. The molecule has 0 aliphatic rings. The number of anilines is 1. The number of hydrogen-bond acceptors (Lipinski definition) is 7. The Labute approximate surface area is 151 Å². The molecule has 130 valence electrons. The van der Waals surface area contributed by atoms with Gasteiger partial charge in [0.15, 0.2) is 5.13 Å². The summed E-state index contributed by atoms with van der Waals surface area (Å²) in [4.78, 5) is 18.7. The molecule has 1 N–H and O–H groups in total. The fourth-order valence-electron chi connectivity index (χ4n) is 2.53. The number of nitro benzene ring substituents is 1. The highest BCUT2D eigenvalue weighted by Gasteiger charge is 2.20. The van der Waals surface area contributed by atoms with Gasteiger partial charge in [-0.25, -0.2) is 13.4 Å². The number of non-ortho nitro benzene ring substituents is 1. The monoisotopic (exact) mass is 386 g/mol. The maximum atomic E-state index is 12.8. The van der Waals surface area contributed by atoms with Crippen LogP contribution < -0.4 is 4.72 Å². The second-order valence-electron chi connectivity index (χ2n) is 5.36. The third-order valence-corrected chi connectivity index (χ3v) is 6.12. The average molecular weight is 386 g/mol. The molecule has 0 saturated carbocycles. The van der Waals surface area contributed by atoms with E-state index in [2.05, 4.69) is 14.7 Å². The van der Waals surface area contributed by atoms with Gasteiger partial charge in [0.1, 0.15) is 4.90 Å². The quantitative estimate of drug-likeness (QED) is 0.424. The molecule has 2 aromatic carbocycles. The summed E-state index contributed by atoms with van der Waals surface area (Å²) in [7, 11) is -3.91. The summed E-state index contributed by atoms with van der Waals surface area (Å²) in [6.07, 6.45) is 1.53. The molecule has 0 spiro atoms. The van der Waals surface area contributed by atoms with Crippen LogP contribution in [-0.4, -0.2) is 23.3 Å². The molecule has 2 heterocycles. The van der Waals surface area contributed by atoms with Crippen molar-refractivity contribution in [2.45, 2.75) is 4.90 Å². The second kappa shape index (κ2) is 6.00. The van der Waals surface area contributed by atoms with Crippen molar-refractivity contribution >= 4 is 53.3 Å². The minimum Gasteiger partial charge on any atom is -0.258 e. The first-order chi connectivity index (χ1) is 12.4. The number of nitrogens with zero attached hydrogens (tertiary/aromatic N) is 3. The molecule has 0 bridgehead atoms. The van der Waals surface area contributed by atoms with Crippen LogP contribution in [0, 0.1) is 10.1 Å². The predicted molar refractivity (Wildman–Crippen MR) is 98.8 cm³/mol. The largest absolute Gasteiger partial charge is 0.270 e. The van der Waals surface area contributed by atoms with Crippen LogP contribution in [0.25, 0.3) is 21.1 Å². The van der Waals surface area contributed by atoms with Crippen molar-refractivity contribution in [2.24, 2.45) is 0 Å². The highest BCUT2D eigenvalue weighted by Crippen LogP contribution is 2.31. The van der Waals surface area contributed by atoms with Gasteiger partial charge in [-0.1, -0.05) is 29.5 Å². The lowest BCUT2D eigenvalue weighted by atomic mass is 10.2. The Morgan fingerprint density at radius 2 is 1.92 bits per heavy atom. The first-order valence-electron chi connectivity index (χ1n) is 7.35. The van der Waals surface area contributed by atoms with Crippen LogP contribution in [0.1, 0.15) is 0 Å². The number of fused-ring (bicyclic) bond motifs is 2. The van der Waals surface area contributed by atoms with Gasteiger partial charge in [0.05, 0.1) is 20.7 Å². The molecule has 0 unspecified atom stereocenters. The molecule has 26 heavy (non-hydrogen) atoms. The van der Waals surface area contributed by atoms with Crippen LogP contribution in [0.2, 0.25) is 0 Å². The number of pyridine rings is 1. The Hall–Kier alpha value is -3.11. The van der Waals surface area contributed by atoms with Gasteiger partial charge in [-0.3, -0.25) is 19.8 Å². The molecule has 4 rings (SSSR count). The Morgan fingerprint density at radius 1 is 1.12 bits per heavy atom. The Balaban J connectivity index is 1.76. The lowest BCUT2D eigenvalue weighted by Crippen LogP contribution is -2.13. The smallest absolute Gasteiger partial charge is 0.258 e. The van der Waals surface area contributed by atoms with Crippen LogP contribution in [0.15, 0.2) is 59.6 Å². The molecule has 0 radical (unpaired) electrons. The summed E-state index contributed by atoms with van der Waals surface area (Å²) in [6.45, 7) is 0. The van der Waals surface area contributed by atoms with E-state index in [0.717, 1.165) is 11.3 Å². The number of benzene rings is 2. The standard InChI is InChI=1S/C16H10N4O4S2/c21-20(22)11-6-7-12-13(9-11)25-16(18-12)19-26(23,24)14-5-1-3-10-4-2-8-17-15(10)14/h1-9H,(H,18,19). The van der Waals surface area contributed by atoms with Gasteiger partial charge in [0.25, 0.3) is 15.7 Å². The highest BCUT2D eigenvalue weighted by molar-refractivity contribution is 7.93. The molecule has 0 saturated heterocycles. The van der Waals surface area contributed by atoms with E-state index in [-0.39, 0.29) is 15.7 Å². The molecule has 0 aliphatic heterocycles. The summed E-state index contributed by atoms with van der Waals surface area (Å²) >= 11 is 1.03. The summed E-state index contributed by atoms with van der Waals surface area (Å²) in [5.41, 5.74) is 0.766. The second-order valence-corrected chi connectivity index (χ2v) is 8.05. The number of sulfonamides is 1. The van der Waals surface area contributed by atoms with Gasteiger partial charge >= 0.3 is 0 Å². The zero-order chi connectivity index (χ0) is 18.3. The molecule has 0 fully saturated rings. The number of aromatic nitrogens is 2. The van der Waals surface area contributed by atoms with Crippen LogP contribution in [0.5, 0.6) is 0 Å². The van der Waals surface area contributed by atoms with E-state index in [1.54, 1.807) is 24.3 Å².